The van der Waals surface area contributed by atoms with Crippen LogP contribution in [0.25, 0.3) is 0 Å². The van der Waals surface area contributed by atoms with E-state index in [1.54, 1.807) is 0 Å². The number of ether oxygens (including phenoxy) is 1. The molecule has 3 N–H and O–H groups in total. The monoisotopic (exact) mass is 140 g/mol. The first-order valence-corrected chi connectivity index (χ1v) is 3.11. The summed E-state index contributed by atoms with van der Waals surface area (Å²) in [4.78, 5) is 0. The molecular formula is C5H8N4O. The summed E-state index contributed by atoms with van der Waals surface area (Å²) in [6, 6.07) is -0.109. The molecule has 0 bridgehead atoms. The number of rotatable bonds is 0. The Morgan fingerprint density at radius 1 is 1.60 bits per heavy atom. The van der Waals surface area contributed by atoms with Crippen molar-refractivity contribution in [1.29, 1.82) is 0 Å². The Bertz CT molecular complexity index is 233. The number of aromatic amines is 1. The molecule has 1 atom stereocenters. The normalized spacial score (nSPS) is 24.3. The van der Waals surface area contributed by atoms with Crippen LogP contribution in [0.4, 0.5) is 0 Å². The summed E-state index contributed by atoms with van der Waals surface area (Å²) in [5.74, 6) is 0. The van der Waals surface area contributed by atoms with Crippen LogP contribution >= 0.6 is 0 Å². The van der Waals surface area contributed by atoms with Crippen LogP contribution in [0, 0.1) is 0 Å². The standard InChI is InChI=1S/C5H8N4O/c6-3-1-10-2-4-5(3)8-9-7-4/h3H,1-2,6H2,(H,7,8,9). The lowest BCUT2D eigenvalue weighted by Gasteiger charge is -2.15. The molecule has 5 nitrogen and oxygen atoms in total. The molecule has 1 aromatic heterocycles. The molecular weight excluding hydrogens is 132 g/mol. The molecule has 0 saturated carbocycles. The predicted octanol–water partition coefficient (Wildman–Crippen LogP) is -0.665. The quantitative estimate of drug-likeness (QED) is 0.501. The molecule has 0 radical (unpaired) electrons. The summed E-state index contributed by atoms with van der Waals surface area (Å²) in [6.45, 7) is 1.07. The first-order chi connectivity index (χ1) is 4.88. The number of fused-ring (bicyclic) bond motifs is 1. The molecule has 54 valence electrons. The van der Waals surface area contributed by atoms with E-state index in [0.29, 0.717) is 13.2 Å². The van der Waals surface area contributed by atoms with Crippen LogP contribution in [0.1, 0.15) is 17.4 Å². The minimum Gasteiger partial charge on any atom is -0.373 e. The van der Waals surface area contributed by atoms with Crippen LogP contribution in [-0.2, 0) is 11.3 Å². The fourth-order valence-corrected chi connectivity index (χ4v) is 1.03. The highest BCUT2D eigenvalue weighted by Crippen LogP contribution is 2.17. The smallest absolute Gasteiger partial charge is 0.113 e. The molecule has 1 aliphatic heterocycles. The summed E-state index contributed by atoms with van der Waals surface area (Å²) in [5.41, 5.74) is 7.31. The van der Waals surface area contributed by atoms with Gasteiger partial charge in [-0.1, -0.05) is 0 Å². The molecule has 0 aliphatic carbocycles. The molecule has 0 amide bonds. The average Bonchev–Trinajstić information content (AvgIpc) is 2.36. The number of hydrogen-bond acceptors (Lipinski definition) is 4. The maximum atomic E-state index is 5.64. The van der Waals surface area contributed by atoms with E-state index in [9.17, 15) is 0 Å². The van der Waals surface area contributed by atoms with Gasteiger partial charge < -0.3 is 10.5 Å². The number of nitrogens with zero attached hydrogens (tertiary/aromatic N) is 2. The summed E-state index contributed by atoms with van der Waals surface area (Å²) < 4.78 is 5.12. The van der Waals surface area contributed by atoms with Crippen LogP contribution in [-0.4, -0.2) is 22.0 Å². The minimum absolute atomic E-state index is 0.109. The first kappa shape index (κ1) is 5.82. The van der Waals surface area contributed by atoms with Crippen molar-refractivity contribution in [3.05, 3.63) is 11.4 Å². The molecule has 1 aromatic rings. The van der Waals surface area contributed by atoms with Gasteiger partial charge in [0.05, 0.1) is 19.3 Å². The average molecular weight is 140 g/mol. The zero-order chi connectivity index (χ0) is 6.97. The molecule has 0 spiro atoms. The zero-order valence-corrected chi connectivity index (χ0v) is 5.37. The van der Waals surface area contributed by atoms with Crippen molar-refractivity contribution in [3.8, 4) is 0 Å². The van der Waals surface area contributed by atoms with Crippen LogP contribution < -0.4 is 5.73 Å². The van der Waals surface area contributed by atoms with E-state index >= 15 is 0 Å². The minimum atomic E-state index is -0.109. The van der Waals surface area contributed by atoms with Gasteiger partial charge in [-0.05, 0) is 0 Å². The van der Waals surface area contributed by atoms with Gasteiger partial charge in [-0.25, -0.2) is 0 Å². The molecule has 2 rings (SSSR count). The molecule has 2 heterocycles. The van der Waals surface area contributed by atoms with Gasteiger partial charge in [-0.3, -0.25) is 0 Å². The number of H-pyrrole nitrogens is 1. The van der Waals surface area contributed by atoms with E-state index in [0.717, 1.165) is 11.4 Å². The van der Waals surface area contributed by atoms with E-state index in [2.05, 4.69) is 15.4 Å². The number of nitrogens with one attached hydrogen (secondary N) is 1. The first-order valence-electron chi connectivity index (χ1n) is 3.11. The molecule has 1 unspecified atom stereocenters. The molecule has 5 heteroatoms. The van der Waals surface area contributed by atoms with Crippen molar-refractivity contribution in [1.82, 2.24) is 15.4 Å². The van der Waals surface area contributed by atoms with Crippen molar-refractivity contribution in [2.24, 2.45) is 5.73 Å². The van der Waals surface area contributed by atoms with Crippen LogP contribution in [0.2, 0.25) is 0 Å². The van der Waals surface area contributed by atoms with Crippen LogP contribution in [0.15, 0.2) is 0 Å². The number of nitrogens with two attached hydrogens (primary N) is 1. The second-order valence-electron chi connectivity index (χ2n) is 2.28. The lowest BCUT2D eigenvalue weighted by molar-refractivity contribution is 0.0889. The van der Waals surface area contributed by atoms with E-state index < -0.39 is 0 Å². The Morgan fingerprint density at radius 3 is 3.30 bits per heavy atom. The SMILES string of the molecule is NC1COCc2n[nH]nc21. The molecule has 1 aliphatic rings. The van der Waals surface area contributed by atoms with Gasteiger partial charge in [0.1, 0.15) is 11.4 Å². The third kappa shape index (κ3) is 0.714. The van der Waals surface area contributed by atoms with Crippen LogP contribution in [0.3, 0.4) is 0 Å². The zero-order valence-electron chi connectivity index (χ0n) is 5.37. The number of hydrogen-bond donors (Lipinski definition) is 2. The largest absolute Gasteiger partial charge is 0.373 e. The predicted molar refractivity (Wildman–Crippen MR) is 33.0 cm³/mol. The van der Waals surface area contributed by atoms with Gasteiger partial charge in [0.25, 0.3) is 0 Å². The Kier molecular flexibility index (Phi) is 1.18. The maximum absolute atomic E-state index is 5.64. The second kappa shape index (κ2) is 2.03. The van der Waals surface area contributed by atoms with Crippen molar-refractivity contribution < 1.29 is 4.74 Å². The van der Waals surface area contributed by atoms with Gasteiger partial charge in [-0.15, -0.1) is 0 Å². The van der Waals surface area contributed by atoms with E-state index in [-0.39, 0.29) is 6.04 Å². The highest BCUT2D eigenvalue weighted by molar-refractivity contribution is 5.13. The lowest BCUT2D eigenvalue weighted by atomic mass is 10.1. The molecule has 0 saturated heterocycles. The van der Waals surface area contributed by atoms with E-state index in [1.165, 1.54) is 0 Å². The molecule has 10 heavy (non-hydrogen) atoms. The van der Waals surface area contributed by atoms with Crippen LogP contribution in [0.5, 0.6) is 0 Å². The number of aromatic nitrogens is 3. The second-order valence-corrected chi connectivity index (χ2v) is 2.28. The van der Waals surface area contributed by atoms with Gasteiger partial charge in [0, 0.05) is 0 Å². The van der Waals surface area contributed by atoms with Gasteiger partial charge in [0.15, 0.2) is 0 Å². The highest BCUT2D eigenvalue weighted by Gasteiger charge is 2.20. The highest BCUT2D eigenvalue weighted by atomic mass is 16.5. The van der Waals surface area contributed by atoms with Gasteiger partial charge >= 0.3 is 0 Å². The van der Waals surface area contributed by atoms with Crippen molar-refractivity contribution in [2.75, 3.05) is 6.61 Å². The lowest BCUT2D eigenvalue weighted by Crippen LogP contribution is -2.23. The third-order valence-corrected chi connectivity index (χ3v) is 1.54. The van der Waals surface area contributed by atoms with E-state index in [1.807, 2.05) is 0 Å². The van der Waals surface area contributed by atoms with Crippen molar-refractivity contribution in [2.45, 2.75) is 12.6 Å². The Balaban J connectivity index is 2.41. The summed E-state index contributed by atoms with van der Waals surface area (Å²) in [7, 11) is 0. The summed E-state index contributed by atoms with van der Waals surface area (Å²) in [5, 5.41) is 10.3. The fourth-order valence-electron chi connectivity index (χ4n) is 1.03. The molecule has 0 aromatic carbocycles. The third-order valence-electron chi connectivity index (χ3n) is 1.54. The van der Waals surface area contributed by atoms with Gasteiger partial charge in [-0.2, -0.15) is 15.4 Å². The topological polar surface area (TPSA) is 76.8 Å². The Hall–Kier alpha value is -0.940. The molecule has 0 fully saturated rings. The summed E-state index contributed by atoms with van der Waals surface area (Å²) in [6.07, 6.45) is 0. The Morgan fingerprint density at radius 2 is 2.50 bits per heavy atom. The Labute approximate surface area is 57.6 Å². The summed E-state index contributed by atoms with van der Waals surface area (Å²) >= 11 is 0. The fraction of sp³-hybridized carbons (Fsp3) is 0.600. The van der Waals surface area contributed by atoms with E-state index in [4.69, 9.17) is 10.5 Å². The van der Waals surface area contributed by atoms with Gasteiger partial charge in [0.2, 0.25) is 0 Å². The maximum Gasteiger partial charge on any atom is 0.113 e. The van der Waals surface area contributed by atoms with Crippen molar-refractivity contribution in [3.63, 3.8) is 0 Å². The van der Waals surface area contributed by atoms with Crippen molar-refractivity contribution >= 4 is 0 Å².